The number of hydrogen-bond donors (Lipinski definition) is 0. The van der Waals surface area contributed by atoms with E-state index in [-0.39, 0.29) is 24.2 Å². The normalized spacial score (nSPS) is 18.4. The van der Waals surface area contributed by atoms with E-state index < -0.39 is 0 Å². The monoisotopic (exact) mass is 287 g/mol. The minimum Gasteiger partial charge on any atom is -0.469 e. The molecule has 1 saturated heterocycles. The largest absolute Gasteiger partial charge is 0.469 e. The summed E-state index contributed by atoms with van der Waals surface area (Å²) >= 11 is 0. The van der Waals surface area contributed by atoms with Gasteiger partial charge in [0.15, 0.2) is 0 Å². The summed E-state index contributed by atoms with van der Waals surface area (Å²) in [7, 11) is 1.36. The highest BCUT2D eigenvalue weighted by Crippen LogP contribution is 2.19. The second kappa shape index (κ2) is 5.55. The van der Waals surface area contributed by atoms with Crippen LogP contribution in [0.2, 0.25) is 0 Å². The van der Waals surface area contributed by atoms with Crippen molar-refractivity contribution in [1.82, 2.24) is 14.3 Å². The molecule has 1 atom stereocenters. The summed E-state index contributed by atoms with van der Waals surface area (Å²) in [6.45, 7) is 1.07. The van der Waals surface area contributed by atoms with Crippen LogP contribution in [-0.4, -0.2) is 46.4 Å². The standard InChI is InChI=1S/C15H17N3O3/c1-21-15(20)12-8-14(19)18(10-12)6-4-11-2-3-13-16-5-7-17(13)9-11/h2-3,5,7,9,12H,4,6,8,10H2,1H3. The molecule has 110 valence electrons. The van der Waals surface area contributed by atoms with Gasteiger partial charge in [0.05, 0.1) is 13.0 Å². The van der Waals surface area contributed by atoms with Crippen molar-refractivity contribution in [2.24, 2.45) is 5.92 Å². The third-order valence-corrected chi connectivity index (χ3v) is 3.87. The molecule has 2 aromatic heterocycles. The Morgan fingerprint density at radius 2 is 2.33 bits per heavy atom. The number of aromatic nitrogens is 2. The van der Waals surface area contributed by atoms with Crippen LogP contribution in [0.25, 0.3) is 5.65 Å². The average Bonchev–Trinajstić information content (AvgIpc) is 3.10. The van der Waals surface area contributed by atoms with Crippen LogP contribution in [-0.2, 0) is 20.7 Å². The second-order valence-electron chi connectivity index (χ2n) is 5.24. The van der Waals surface area contributed by atoms with Crippen LogP contribution in [0.5, 0.6) is 0 Å². The number of nitrogens with zero attached hydrogens (tertiary/aromatic N) is 3. The summed E-state index contributed by atoms with van der Waals surface area (Å²) < 4.78 is 6.66. The minimum absolute atomic E-state index is 0.0223. The molecule has 3 rings (SSSR count). The van der Waals surface area contributed by atoms with E-state index in [1.165, 1.54) is 7.11 Å². The first-order chi connectivity index (χ1) is 10.2. The van der Waals surface area contributed by atoms with Crippen molar-refractivity contribution in [3.8, 4) is 0 Å². The molecule has 0 spiro atoms. The quantitative estimate of drug-likeness (QED) is 0.784. The molecular weight excluding hydrogens is 270 g/mol. The molecule has 1 amide bonds. The number of pyridine rings is 1. The Kier molecular flexibility index (Phi) is 3.60. The molecule has 0 bridgehead atoms. The molecule has 3 heterocycles. The second-order valence-corrected chi connectivity index (χ2v) is 5.24. The van der Waals surface area contributed by atoms with E-state index in [4.69, 9.17) is 4.74 Å². The zero-order valence-corrected chi connectivity index (χ0v) is 11.9. The van der Waals surface area contributed by atoms with Gasteiger partial charge in [-0.15, -0.1) is 0 Å². The van der Waals surface area contributed by atoms with Crippen LogP contribution in [0, 0.1) is 5.92 Å². The average molecular weight is 287 g/mol. The lowest BCUT2D eigenvalue weighted by atomic mass is 10.1. The van der Waals surface area contributed by atoms with E-state index in [1.807, 2.05) is 28.9 Å². The molecule has 1 aliphatic heterocycles. The van der Waals surface area contributed by atoms with Gasteiger partial charge in [-0.1, -0.05) is 6.07 Å². The molecule has 0 aromatic carbocycles. The number of amides is 1. The van der Waals surface area contributed by atoms with Crippen molar-refractivity contribution in [2.75, 3.05) is 20.2 Å². The summed E-state index contributed by atoms with van der Waals surface area (Å²) in [5, 5.41) is 0. The number of carbonyl (C=O) groups is 2. The van der Waals surface area contributed by atoms with Crippen molar-refractivity contribution in [2.45, 2.75) is 12.8 Å². The fraction of sp³-hybridized carbons (Fsp3) is 0.400. The first-order valence-electron chi connectivity index (χ1n) is 6.94. The maximum atomic E-state index is 11.9. The lowest BCUT2D eigenvalue weighted by Crippen LogP contribution is -2.28. The predicted octanol–water partition coefficient (Wildman–Crippen LogP) is 0.898. The first kappa shape index (κ1) is 13.6. The maximum absolute atomic E-state index is 11.9. The number of hydrogen-bond acceptors (Lipinski definition) is 4. The van der Waals surface area contributed by atoms with Crippen molar-refractivity contribution >= 4 is 17.5 Å². The van der Waals surface area contributed by atoms with Crippen LogP contribution in [0.3, 0.4) is 0 Å². The molecule has 0 radical (unpaired) electrons. The van der Waals surface area contributed by atoms with E-state index in [1.54, 1.807) is 11.1 Å². The highest BCUT2D eigenvalue weighted by Gasteiger charge is 2.34. The summed E-state index contributed by atoms with van der Waals surface area (Å²) in [5.74, 6) is -0.599. The number of carbonyl (C=O) groups excluding carboxylic acids is 2. The van der Waals surface area contributed by atoms with Gasteiger partial charge in [-0.3, -0.25) is 9.59 Å². The number of methoxy groups -OCH3 is 1. The fourth-order valence-electron chi connectivity index (χ4n) is 2.69. The van der Waals surface area contributed by atoms with Gasteiger partial charge in [-0.2, -0.15) is 0 Å². The number of ether oxygens (including phenoxy) is 1. The van der Waals surface area contributed by atoms with Crippen LogP contribution >= 0.6 is 0 Å². The highest BCUT2D eigenvalue weighted by molar-refractivity contribution is 5.86. The molecule has 0 saturated carbocycles. The molecule has 1 unspecified atom stereocenters. The molecule has 2 aromatic rings. The maximum Gasteiger partial charge on any atom is 0.310 e. The van der Waals surface area contributed by atoms with Gasteiger partial charge in [0.2, 0.25) is 5.91 Å². The van der Waals surface area contributed by atoms with Crippen LogP contribution in [0.15, 0.2) is 30.7 Å². The number of esters is 1. The number of rotatable bonds is 4. The molecular formula is C15H17N3O3. The van der Waals surface area contributed by atoms with Crippen molar-refractivity contribution in [3.63, 3.8) is 0 Å². The molecule has 1 aliphatic rings. The third kappa shape index (κ3) is 2.74. The van der Waals surface area contributed by atoms with E-state index in [0.29, 0.717) is 13.1 Å². The number of imidazole rings is 1. The van der Waals surface area contributed by atoms with E-state index in [9.17, 15) is 9.59 Å². The summed E-state index contributed by atoms with van der Waals surface area (Å²) in [4.78, 5) is 29.3. The third-order valence-electron chi connectivity index (χ3n) is 3.87. The molecule has 1 fully saturated rings. The van der Waals surface area contributed by atoms with Gasteiger partial charge in [0.25, 0.3) is 0 Å². The fourth-order valence-corrected chi connectivity index (χ4v) is 2.69. The topological polar surface area (TPSA) is 63.9 Å². The zero-order valence-electron chi connectivity index (χ0n) is 11.9. The van der Waals surface area contributed by atoms with Crippen molar-refractivity contribution in [1.29, 1.82) is 0 Å². The van der Waals surface area contributed by atoms with Gasteiger partial charge >= 0.3 is 5.97 Å². The molecule has 0 aliphatic carbocycles. The van der Waals surface area contributed by atoms with Crippen molar-refractivity contribution < 1.29 is 14.3 Å². The van der Waals surface area contributed by atoms with Gasteiger partial charge in [-0.25, -0.2) is 4.98 Å². The minimum atomic E-state index is -0.321. The van der Waals surface area contributed by atoms with Crippen LogP contribution in [0.4, 0.5) is 0 Å². The van der Waals surface area contributed by atoms with Gasteiger partial charge in [0, 0.05) is 38.1 Å². The van der Waals surface area contributed by atoms with E-state index >= 15 is 0 Å². The van der Waals surface area contributed by atoms with Crippen LogP contribution in [0.1, 0.15) is 12.0 Å². The number of likely N-dealkylation sites (tertiary alicyclic amines) is 1. The Morgan fingerprint density at radius 3 is 3.14 bits per heavy atom. The smallest absolute Gasteiger partial charge is 0.310 e. The van der Waals surface area contributed by atoms with Crippen molar-refractivity contribution in [3.05, 3.63) is 36.3 Å². The van der Waals surface area contributed by atoms with E-state index in [0.717, 1.165) is 17.6 Å². The van der Waals surface area contributed by atoms with Gasteiger partial charge < -0.3 is 14.0 Å². The van der Waals surface area contributed by atoms with Crippen LogP contribution < -0.4 is 0 Å². The summed E-state index contributed by atoms with van der Waals surface area (Å²) in [6.07, 6.45) is 6.68. The predicted molar refractivity (Wildman–Crippen MR) is 75.6 cm³/mol. The van der Waals surface area contributed by atoms with Gasteiger partial charge in [0.1, 0.15) is 5.65 Å². The summed E-state index contributed by atoms with van der Waals surface area (Å²) in [5.41, 5.74) is 2.04. The Bertz CT molecular complexity index is 680. The Labute approximate surface area is 122 Å². The lowest BCUT2D eigenvalue weighted by Gasteiger charge is -2.16. The van der Waals surface area contributed by atoms with Gasteiger partial charge in [-0.05, 0) is 18.1 Å². The number of fused-ring (bicyclic) bond motifs is 1. The van der Waals surface area contributed by atoms with E-state index in [2.05, 4.69) is 4.98 Å². The highest BCUT2D eigenvalue weighted by atomic mass is 16.5. The Morgan fingerprint density at radius 1 is 1.48 bits per heavy atom. The Hall–Kier alpha value is -2.37. The molecule has 6 heteroatoms. The lowest BCUT2D eigenvalue weighted by molar-refractivity contribution is -0.145. The SMILES string of the molecule is COC(=O)C1CC(=O)N(CCc2ccc3nccn3c2)C1. The zero-order chi connectivity index (χ0) is 14.8. The first-order valence-corrected chi connectivity index (χ1v) is 6.94. The molecule has 6 nitrogen and oxygen atoms in total. The Balaban J connectivity index is 1.62. The molecule has 0 N–H and O–H groups in total. The summed E-state index contributed by atoms with van der Waals surface area (Å²) in [6, 6.07) is 3.97. The molecule has 21 heavy (non-hydrogen) atoms.